The summed E-state index contributed by atoms with van der Waals surface area (Å²) in [6, 6.07) is 4.88. The molecule has 0 aliphatic carbocycles. The molecule has 3 aromatic rings. The van der Waals surface area contributed by atoms with Gasteiger partial charge in [-0.3, -0.25) is 14.5 Å². The molecule has 9 nitrogen and oxygen atoms in total. The maximum atomic E-state index is 12.8. The molecule has 24 heavy (non-hydrogen) atoms. The summed E-state index contributed by atoms with van der Waals surface area (Å²) in [6.07, 6.45) is 5.28. The fourth-order valence-electron chi connectivity index (χ4n) is 2.43. The number of hydrogen-bond donors (Lipinski definition) is 2. The molecule has 1 aliphatic rings. The van der Waals surface area contributed by atoms with Gasteiger partial charge in [0.1, 0.15) is 24.0 Å². The molecule has 0 atom stereocenters. The maximum Gasteiger partial charge on any atom is 0.271 e. The SMILES string of the molecule is Nc1ncnc2c1C(=O)N(c1ccc3nc[nH]c(=O)c3c1)C=CO2. The van der Waals surface area contributed by atoms with Gasteiger partial charge in [-0.25, -0.2) is 15.0 Å². The molecule has 9 heteroatoms. The van der Waals surface area contributed by atoms with Gasteiger partial charge in [0.25, 0.3) is 11.5 Å². The van der Waals surface area contributed by atoms with Crippen LogP contribution in [0.1, 0.15) is 10.4 Å². The van der Waals surface area contributed by atoms with Gasteiger partial charge in [0.05, 0.1) is 17.2 Å². The highest BCUT2D eigenvalue weighted by atomic mass is 16.5. The van der Waals surface area contributed by atoms with Crippen LogP contribution >= 0.6 is 0 Å². The van der Waals surface area contributed by atoms with Gasteiger partial charge in [-0.2, -0.15) is 0 Å². The third kappa shape index (κ3) is 2.07. The molecule has 0 spiro atoms. The van der Waals surface area contributed by atoms with E-state index < -0.39 is 5.91 Å². The number of benzene rings is 1. The van der Waals surface area contributed by atoms with Gasteiger partial charge in [-0.15, -0.1) is 0 Å². The molecule has 1 aromatic carbocycles. The Hall–Kier alpha value is -3.75. The molecule has 0 saturated heterocycles. The summed E-state index contributed by atoms with van der Waals surface area (Å²) in [6.45, 7) is 0. The average Bonchev–Trinajstić information content (AvgIpc) is 2.75. The van der Waals surface area contributed by atoms with Crippen LogP contribution in [-0.2, 0) is 0 Å². The van der Waals surface area contributed by atoms with Crippen LogP contribution in [0.4, 0.5) is 11.5 Å². The predicted octanol–water partition coefficient (Wildman–Crippen LogP) is 0.806. The van der Waals surface area contributed by atoms with Crippen LogP contribution < -0.4 is 20.9 Å². The number of anilines is 2. The van der Waals surface area contributed by atoms with Crippen molar-refractivity contribution in [3.8, 4) is 5.88 Å². The number of hydrogen-bond acceptors (Lipinski definition) is 7. The zero-order valence-corrected chi connectivity index (χ0v) is 12.1. The largest absolute Gasteiger partial charge is 0.444 e. The summed E-state index contributed by atoms with van der Waals surface area (Å²) < 4.78 is 5.31. The van der Waals surface area contributed by atoms with Crippen LogP contribution in [0.3, 0.4) is 0 Å². The maximum absolute atomic E-state index is 12.8. The fraction of sp³-hybridized carbons (Fsp3) is 0. The van der Waals surface area contributed by atoms with Crippen LogP contribution in [0.25, 0.3) is 10.9 Å². The van der Waals surface area contributed by atoms with Gasteiger partial charge < -0.3 is 15.5 Å². The number of nitrogens with one attached hydrogen (secondary N) is 1. The number of carbonyl (C=O) groups excluding carboxylic acids is 1. The Kier molecular flexibility index (Phi) is 2.98. The number of H-pyrrole nitrogens is 1. The standard InChI is InChI=1S/C15H10N6O3/c16-12-11-14(20-7-18-12)24-4-3-21(15(11)23)8-1-2-10-9(5-8)13(22)19-6-17-10/h1-7H,(H2,16,18,20)(H,17,19,22). The van der Waals surface area contributed by atoms with E-state index in [4.69, 9.17) is 10.5 Å². The minimum atomic E-state index is -0.462. The summed E-state index contributed by atoms with van der Waals surface area (Å²) >= 11 is 0. The quantitative estimate of drug-likeness (QED) is 0.678. The zero-order chi connectivity index (χ0) is 16.7. The van der Waals surface area contributed by atoms with Crippen molar-refractivity contribution in [2.75, 3.05) is 10.6 Å². The number of aromatic nitrogens is 4. The topological polar surface area (TPSA) is 127 Å². The summed E-state index contributed by atoms with van der Waals surface area (Å²) in [5.41, 5.74) is 6.53. The Morgan fingerprint density at radius 3 is 2.92 bits per heavy atom. The first kappa shape index (κ1) is 13.9. The normalized spacial score (nSPS) is 13.5. The number of nitrogen functional groups attached to an aromatic ring is 1. The van der Waals surface area contributed by atoms with Crippen LogP contribution in [0.5, 0.6) is 5.88 Å². The van der Waals surface area contributed by atoms with Crippen LogP contribution in [0, 0.1) is 0 Å². The minimum absolute atomic E-state index is 0.0130. The highest BCUT2D eigenvalue weighted by Crippen LogP contribution is 2.28. The monoisotopic (exact) mass is 322 g/mol. The number of amides is 1. The summed E-state index contributed by atoms with van der Waals surface area (Å²) in [5.74, 6) is -0.373. The molecule has 0 radical (unpaired) electrons. The van der Waals surface area contributed by atoms with Crippen molar-refractivity contribution in [1.29, 1.82) is 0 Å². The second kappa shape index (κ2) is 5.16. The molecular weight excluding hydrogens is 312 g/mol. The van der Waals surface area contributed by atoms with Crippen LogP contribution in [-0.4, -0.2) is 25.8 Å². The van der Waals surface area contributed by atoms with E-state index in [1.807, 2.05) is 0 Å². The molecule has 2 aromatic heterocycles. The number of nitrogens with two attached hydrogens (primary N) is 1. The van der Waals surface area contributed by atoms with Gasteiger partial charge >= 0.3 is 0 Å². The molecule has 118 valence electrons. The first-order valence-electron chi connectivity index (χ1n) is 6.90. The van der Waals surface area contributed by atoms with E-state index >= 15 is 0 Å². The van der Waals surface area contributed by atoms with E-state index in [0.29, 0.717) is 16.6 Å². The predicted molar refractivity (Wildman–Crippen MR) is 85.4 cm³/mol. The number of aromatic amines is 1. The molecule has 0 saturated carbocycles. The first-order chi connectivity index (χ1) is 11.6. The molecule has 1 amide bonds. The van der Waals surface area contributed by atoms with Gasteiger partial charge in [0, 0.05) is 11.9 Å². The van der Waals surface area contributed by atoms with Crippen molar-refractivity contribution in [3.63, 3.8) is 0 Å². The zero-order valence-electron chi connectivity index (χ0n) is 12.1. The lowest BCUT2D eigenvalue weighted by atomic mass is 10.2. The lowest BCUT2D eigenvalue weighted by molar-refractivity contribution is 0.0997. The fourth-order valence-corrected chi connectivity index (χ4v) is 2.43. The number of ether oxygens (including phenoxy) is 1. The smallest absolute Gasteiger partial charge is 0.271 e. The lowest BCUT2D eigenvalue weighted by Gasteiger charge is -2.17. The van der Waals surface area contributed by atoms with Crippen LogP contribution in [0.2, 0.25) is 0 Å². The van der Waals surface area contributed by atoms with Crippen molar-refractivity contribution in [2.45, 2.75) is 0 Å². The Morgan fingerprint density at radius 2 is 2.04 bits per heavy atom. The average molecular weight is 322 g/mol. The van der Waals surface area contributed by atoms with Crippen molar-refractivity contribution in [1.82, 2.24) is 19.9 Å². The Labute approximate surface area is 134 Å². The lowest BCUT2D eigenvalue weighted by Crippen LogP contribution is -2.26. The van der Waals surface area contributed by atoms with Crippen molar-refractivity contribution < 1.29 is 9.53 Å². The molecule has 0 bridgehead atoms. The first-order valence-corrected chi connectivity index (χ1v) is 6.90. The van der Waals surface area contributed by atoms with E-state index in [1.54, 1.807) is 18.2 Å². The molecule has 3 N–H and O–H groups in total. The van der Waals surface area contributed by atoms with E-state index in [1.165, 1.54) is 30.0 Å². The third-order valence-corrected chi connectivity index (χ3v) is 3.57. The Bertz CT molecular complexity index is 1060. The van der Waals surface area contributed by atoms with Gasteiger partial charge in [0.15, 0.2) is 0 Å². The van der Waals surface area contributed by atoms with E-state index in [0.717, 1.165) is 0 Å². The summed E-state index contributed by atoms with van der Waals surface area (Å²) in [4.78, 5) is 40.4. The van der Waals surface area contributed by atoms with Gasteiger partial charge in [-0.1, -0.05) is 0 Å². The number of carbonyl (C=O) groups is 1. The van der Waals surface area contributed by atoms with Gasteiger partial charge in [-0.05, 0) is 18.2 Å². The molecular formula is C15H10N6O3. The highest BCUT2D eigenvalue weighted by Gasteiger charge is 2.26. The highest BCUT2D eigenvalue weighted by molar-refractivity contribution is 6.12. The minimum Gasteiger partial charge on any atom is -0.444 e. The number of nitrogens with zero attached hydrogens (tertiary/aromatic N) is 4. The van der Waals surface area contributed by atoms with Crippen molar-refractivity contribution >= 4 is 28.3 Å². The van der Waals surface area contributed by atoms with Gasteiger partial charge in [0.2, 0.25) is 5.88 Å². The second-order valence-electron chi connectivity index (χ2n) is 4.95. The second-order valence-corrected chi connectivity index (χ2v) is 4.95. The number of rotatable bonds is 1. The summed E-state index contributed by atoms with van der Waals surface area (Å²) in [7, 11) is 0. The molecule has 0 unspecified atom stereocenters. The van der Waals surface area contributed by atoms with Crippen molar-refractivity contribution in [3.05, 3.63) is 59.2 Å². The van der Waals surface area contributed by atoms with Crippen LogP contribution in [0.15, 0.2) is 48.1 Å². The van der Waals surface area contributed by atoms with E-state index in [-0.39, 0.29) is 22.8 Å². The van der Waals surface area contributed by atoms with Crippen molar-refractivity contribution in [2.24, 2.45) is 0 Å². The van der Waals surface area contributed by atoms with E-state index in [9.17, 15) is 9.59 Å². The van der Waals surface area contributed by atoms with E-state index in [2.05, 4.69) is 19.9 Å². The Morgan fingerprint density at radius 1 is 1.17 bits per heavy atom. The molecule has 4 rings (SSSR count). The molecule has 1 aliphatic heterocycles. The number of fused-ring (bicyclic) bond motifs is 2. The molecule has 0 fully saturated rings. The Balaban J connectivity index is 1.88. The molecule has 3 heterocycles. The third-order valence-electron chi connectivity index (χ3n) is 3.57. The summed E-state index contributed by atoms with van der Waals surface area (Å²) in [5, 5.41) is 0.360.